The zero-order valence-electron chi connectivity index (χ0n) is 28.7. The van der Waals surface area contributed by atoms with Gasteiger partial charge in [0.25, 0.3) is 0 Å². The van der Waals surface area contributed by atoms with Crippen molar-refractivity contribution < 1.29 is 9.59 Å². The van der Waals surface area contributed by atoms with Gasteiger partial charge in [0.15, 0.2) is 5.82 Å². The average Bonchev–Trinajstić information content (AvgIpc) is 3.13. The summed E-state index contributed by atoms with van der Waals surface area (Å²) in [6.45, 7) is 8.90. The molecule has 2 N–H and O–H groups in total. The predicted molar refractivity (Wildman–Crippen MR) is 194 cm³/mol. The highest BCUT2D eigenvalue weighted by molar-refractivity contribution is 6.01. The van der Waals surface area contributed by atoms with Gasteiger partial charge in [-0.25, -0.2) is 0 Å². The fourth-order valence-corrected chi connectivity index (χ4v) is 7.49. The number of likely N-dealkylation sites (tertiary alicyclic amines) is 1. The molecular formula is C41H41N7O2. The number of hydrogen-bond acceptors (Lipinski definition) is 8. The van der Waals surface area contributed by atoms with Crippen LogP contribution in [0.4, 0.5) is 5.82 Å². The second-order valence-electron chi connectivity index (χ2n) is 13.7. The first-order chi connectivity index (χ1) is 24.3. The molecule has 2 aromatic heterocycles. The number of benzene rings is 3. The summed E-state index contributed by atoms with van der Waals surface area (Å²) < 4.78 is 0. The number of aryl methyl sites for hydroxylation is 1. The summed E-state index contributed by atoms with van der Waals surface area (Å²) in [4.78, 5) is 31.2. The Balaban J connectivity index is 1.02. The number of nitrogens with zero attached hydrogens (tertiary/aromatic N) is 5. The van der Waals surface area contributed by atoms with Crippen molar-refractivity contribution >= 4 is 28.4 Å². The van der Waals surface area contributed by atoms with E-state index in [-0.39, 0.29) is 23.8 Å². The highest BCUT2D eigenvalue weighted by Gasteiger charge is 2.28. The number of nitrogens with one attached hydrogen (secondary N) is 2. The number of piperidine rings is 2. The van der Waals surface area contributed by atoms with Gasteiger partial charge >= 0.3 is 0 Å². The molecule has 5 aromatic rings. The number of carbonyl (C=O) groups excluding carboxylic acids is 2. The zero-order valence-corrected chi connectivity index (χ0v) is 28.7. The maximum atomic E-state index is 12.3. The quantitative estimate of drug-likeness (QED) is 0.166. The Hall–Kier alpha value is -5.46. The van der Waals surface area contributed by atoms with Crippen LogP contribution in [0.2, 0.25) is 0 Å². The van der Waals surface area contributed by atoms with Crippen molar-refractivity contribution in [1.82, 2.24) is 25.4 Å². The summed E-state index contributed by atoms with van der Waals surface area (Å²) in [5.41, 5.74) is 8.99. The Morgan fingerprint density at radius 2 is 1.70 bits per heavy atom. The molecule has 0 spiro atoms. The van der Waals surface area contributed by atoms with Crippen LogP contribution in [-0.2, 0) is 16.1 Å². The Kier molecular flexibility index (Phi) is 9.38. The van der Waals surface area contributed by atoms with Crippen LogP contribution in [0.25, 0.3) is 22.0 Å². The van der Waals surface area contributed by atoms with Crippen molar-refractivity contribution in [2.45, 2.75) is 70.9 Å². The average molecular weight is 664 g/mol. The monoisotopic (exact) mass is 663 g/mol. The number of anilines is 1. The molecule has 2 atom stereocenters. The molecule has 7 rings (SSSR count). The number of carbonyl (C=O) groups is 2. The lowest BCUT2D eigenvalue weighted by Gasteiger charge is -2.32. The summed E-state index contributed by atoms with van der Waals surface area (Å²) in [5, 5.41) is 26.4. The van der Waals surface area contributed by atoms with Gasteiger partial charge < -0.3 is 5.32 Å². The van der Waals surface area contributed by atoms with Crippen LogP contribution in [-0.4, -0.2) is 45.0 Å². The van der Waals surface area contributed by atoms with E-state index in [9.17, 15) is 14.9 Å². The van der Waals surface area contributed by atoms with Gasteiger partial charge in [-0.05, 0) is 105 Å². The second kappa shape index (κ2) is 14.2. The second-order valence-corrected chi connectivity index (χ2v) is 13.7. The van der Waals surface area contributed by atoms with E-state index in [0.717, 1.165) is 76.9 Å². The molecular weight excluding hydrogens is 622 g/mol. The third kappa shape index (κ3) is 6.85. The fourth-order valence-electron chi connectivity index (χ4n) is 7.49. The molecule has 3 aromatic carbocycles. The molecule has 0 radical (unpaired) electrons. The van der Waals surface area contributed by atoms with Crippen molar-refractivity contribution in [3.05, 3.63) is 118 Å². The lowest BCUT2D eigenvalue weighted by molar-refractivity contribution is -0.134. The molecule has 50 heavy (non-hydrogen) atoms. The minimum Gasteiger partial charge on any atom is -0.362 e. The van der Waals surface area contributed by atoms with Crippen molar-refractivity contribution in [1.29, 1.82) is 5.26 Å². The molecule has 2 fully saturated rings. The largest absolute Gasteiger partial charge is 0.362 e. The topological polar surface area (TPSA) is 124 Å². The number of nitriles is 1. The van der Waals surface area contributed by atoms with Crippen LogP contribution < -0.4 is 10.6 Å². The molecule has 252 valence electrons. The number of imide groups is 1. The summed E-state index contributed by atoms with van der Waals surface area (Å²) in [5.74, 6) is 0.572. The molecule has 9 nitrogen and oxygen atoms in total. The first kappa shape index (κ1) is 33.1. The van der Waals surface area contributed by atoms with Crippen LogP contribution in [0, 0.1) is 25.2 Å². The molecule has 2 saturated heterocycles. The number of hydrogen-bond donors (Lipinski definition) is 2. The van der Waals surface area contributed by atoms with E-state index in [0.29, 0.717) is 30.1 Å². The Morgan fingerprint density at radius 3 is 2.46 bits per heavy atom. The third-order valence-electron chi connectivity index (χ3n) is 10.4. The van der Waals surface area contributed by atoms with Gasteiger partial charge in [-0.2, -0.15) is 10.4 Å². The van der Waals surface area contributed by atoms with Crippen LogP contribution in [0.3, 0.4) is 0 Å². The fraction of sp³-hybridized carbons (Fsp3) is 0.317. The first-order valence-electron chi connectivity index (χ1n) is 17.4. The molecule has 2 unspecified atom stereocenters. The van der Waals surface area contributed by atoms with Gasteiger partial charge in [-0.1, -0.05) is 54.6 Å². The van der Waals surface area contributed by atoms with Crippen LogP contribution >= 0.6 is 0 Å². The highest BCUT2D eigenvalue weighted by atomic mass is 16.2. The number of amides is 2. The van der Waals surface area contributed by atoms with Crippen LogP contribution in [0.1, 0.15) is 89.6 Å². The lowest BCUT2D eigenvalue weighted by atomic mass is 9.86. The molecule has 9 heteroatoms. The maximum absolute atomic E-state index is 12.3. The van der Waals surface area contributed by atoms with E-state index in [1.54, 1.807) is 0 Å². The smallest absolute Gasteiger partial charge is 0.234 e. The molecule has 0 bridgehead atoms. The number of pyridine rings is 1. The van der Waals surface area contributed by atoms with E-state index in [1.165, 1.54) is 11.1 Å². The molecule has 2 aliphatic heterocycles. The summed E-state index contributed by atoms with van der Waals surface area (Å²) in [6, 6.07) is 27.2. The Labute approximate surface area is 292 Å². The lowest BCUT2D eigenvalue weighted by Crippen LogP contribution is -2.39. The Morgan fingerprint density at radius 1 is 0.940 bits per heavy atom. The normalized spacial score (nSPS) is 17.7. The molecule has 0 aliphatic carbocycles. The molecule has 2 amide bonds. The van der Waals surface area contributed by atoms with Gasteiger partial charge in [0, 0.05) is 35.5 Å². The van der Waals surface area contributed by atoms with E-state index in [1.807, 2.05) is 38.2 Å². The van der Waals surface area contributed by atoms with Crippen molar-refractivity contribution in [2.75, 3.05) is 18.4 Å². The Bertz CT molecular complexity index is 2110. The molecule has 0 saturated carbocycles. The van der Waals surface area contributed by atoms with E-state index in [4.69, 9.17) is 4.98 Å². The maximum Gasteiger partial charge on any atom is 0.234 e. The highest BCUT2D eigenvalue weighted by Crippen LogP contribution is 2.33. The number of fused-ring (bicyclic) bond motifs is 1. The van der Waals surface area contributed by atoms with Crippen molar-refractivity contribution in [3.63, 3.8) is 0 Å². The SMILES string of the molecule is Cc1c(C#N)cccc1C(C)Nc1nnc(C)c2cnc(-c3cccc(CN4CCC(c5ccc(C6CCC(=O)NC6=O)cc5)CC4)c3)cc12. The number of aromatic nitrogens is 3. The van der Waals surface area contributed by atoms with Gasteiger partial charge in [0.2, 0.25) is 11.8 Å². The first-order valence-corrected chi connectivity index (χ1v) is 17.4. The molecule has 4 heterocycles. The van der Waals surface area contributed by atoms with Gasteiger partial charge in [-0.15, -0.1) is 5.10 Å². The summed E-state index contributed by atoms with van der Waals surface area (Å²) in [6.07, 6.45) is 5.02. The van der Waals surface area contributed by atoms with E-state index in [2.05, 4.69) is 93.3 Å². The zero-order chi connectivity index (χ0) is 34.8. The third-order valence-corrected chi connectivity index (χ3v) is 10.4. The summed E-state index contributed by atoms with van der Waals surface area (Å²) in [7, 11) is 0. The van der Waals surface area contributed by atoms with Crippen molar-refractivity contribution in [3.8, 4) is 17.3 Å². The van der Waals surface area contributed by atoms with Gasteiger partial charge in [0.05, 0.1) is 35.0 Å². The van der Waals surface area contributed by atoms with Crippen LogP contribution in [0.5, 0.6) is 0 Å². The summed E-state index contributed by atoms with van der Waals surface area (Å²) >= 11 is 0. The number of rotatable bonds is 8. The van der Waals surface area contributed by atoms with Crippen molar-refractivity contribution in [2.24, 2.45) is 0 Å². The minimum absolute atomic E-state index is 0.0789. The van der Waals surface area contributed by atoms with Crippen LogP contribution in [0.15, 0.2) is 79.0 Å². The minimum atomic E-state index is -0.243. The van der Waals surface area contributed by atoms with Gasteiger partial charge in [-0.3, -0.25) is 24.8 Å². The van der Waals surface area contributed by atoms with Gasteiger partial charge in [0.1, 0.15) is 0 Å². The van der Waals surface area contributed by atoms with E-state index >= 15 is 0 Å². The molecule has 2 aliphatic rings. The predicted octanol–water partition coefficient (Wildman–Crippen LogP) is 7.25. The standard InChI is InChI=1S/C41H41N7O2/c1-25-33(22-42)8-5-9-34(25)26(2)44-40-36-21-38(43-23-37(36)27(3)46-47-40)32-7-4-6-28(20-32)24-48-18-16-30(17-19-48)29-10-12-31(13-11-29)35-14-15-39(49)45-41(35)50/h4-13,20-21,23,26,30,35H,14-19,24H2,1-3H3,(H,44,47)(H,45,49,50). The van der Waals surface area contributed by atoms with E-state index < -0.39 is 0 Å².